The molecule has 0 fully saturated rings. The number of halogens is 2. The summed E-state index contributed by atoms with van der Waals surface area (Å²) in [5, 5.41) is 4.13. The highest BCUT2D eigenvalue weighted by molar-refractivity contribution is 6.31. The van der Waals surface area contributed by atoms with Crippen molar-refractivity contribution in [2.24, 2.45) is 5.10 Å². The molecule has 0 amide bonds. The highest BCUT2D eigenvalue weighted by Crippen LogP contribution is 2.14. The molecule has 0 aliphatic rings. The van der Waals surface area contributed by atoms with Gasteiger partial charge in [0, 0.05) is 25.0 Å². The first-order chi connectivity index (χ1) is 6.61. The van der Waals surface area contributed by atoms with E-state index in [4.69, 9.17) is 11.6 Å². The van der Waals surface area contributed by atoms with E-state index < -0.39 is 5.82 Å². The molecule has 1 rings (SSSR count). The van der Waals surface area contributed by atoms with Crippen LogP contribution in [0.5, 0.6) is 0 Å². The minimum Gasteiger partial charge on any atom is -0.311 e. The van der Waals surface area contributed by atoms with Crippen LogP contribution in [0.25, 0.3) is 6.20 Å². The van der Waals surface area contributed by atoms with Crippen molar-refractivity contribution in [1.29, 1.82) is 0 Å². The third-order valence-electron chi connectivity index (χ3n) is 1.80. The molecule has 1 aromatic rings. The second kappa shape index (κ2) is 4.28. The van der Waals surface area contributed by atoms with E-state index in [1.54, 1.807) is 20.2 Å². The maximum atomic E-state index is 13.6. The van der Waals surface area contributed by atoms with Crippen molar-refractivity contribution in [2.75, 3.05) is 7.05 Å². The van der Waals surface area contributed by atoms with Gasteiger partial charge in [-0.3, -0.25) is 0 Å². The van der Waals surface area contributed by atoms with E-state index in [1.807, 2.05) is 0 Å². The predicted molar refractivity (Wildman–Crippen MR) is 55.1 cm³/mol. The summed E-state index contributed by atoms with van der Waals surface area (Å²) in [6, 6.07) is 0. The third-order valence-corrected chi connectivity index (χ3v) is 2.18. The van der Waals surface area contributed by atoms with Crippen molar-refractivity contribution < 1.29 is 4.39 Å². The van der Waals surface area contributed by atoms with Crippen LogP contribution in [-0.4, -0.2) is 11.6 Å². The molecular formula is C9H11ClFN3. The van der Waals surface area contributed by atoms with Gasteiger partial charge in [0.05, 0.1) is 5.02 Å². The molecule has 0 bridgehead atoms. The first-order valence-corrected chi connectivity index (χ1v) is 4.39. The van der Waals surface area contributed by atoms with E-state index in [1.165, 1.54) is 10.8 Å². The minimum atomic E-state index is -0.452. The summed E-state index contributed by atoms with van der Waals surface area (Å²) in [5.74, 6) is -0.452. The number of hydrogen-bond donors (Lipinski definition) is 1. The minimum absolute atomic E-state index is 0.157. The zero-order valence-corrected chi connectivity index (χ0v) is 8.77. The Morgan fingerprint density at radius 3 is 2.86 bits per heavy atom. The third kappa shape index (κ3) is 1.80. The average molecular weight is 216 g/mol. The SMILES string of the molecule is C=Cn1cc(Cl)c(C)c(F)/c1=N/NC. The van der Waals surface area contributed by atoms with Gasteiger partial charge in [-0.1, -0.05) is 18.2 Å². The van der Waals surface area contributed by atoms with Crippen molar-refractivity contribution in [3.63, 3.8) is 0 Å². The molecule has 1 heterocycles. The molecule has 5 heteroatoms. The lowest BCUT2D eigenvalue weighted by Crippen LogP contribution is -2.24. The fourth-order valence-electron chi connectivity index (χ4n) is 1.02. The maximum Gasteiger partial charge on any atom is 0.192 e. The fraction of sp³-hybridized carbons (Fsp3) is 0.222. The number of hydrogen-bond acceptors (Lipinski definition) is 2. The van der Waals surface area contributed by atoms with Gasteiger partial charge in [0.15, 0.2) is 11.3 Å². The lowest BCUT2D eigenvalue weighted by atomic mass is 10.3. The van der Waals surface area contributed by atoms with Gasteiger partial charge in [0.2, 0.25) is 0 Å². The second-order valence-electron chi connectivity index (χ2n) is 2.66. The van der Waals surface area contributed by atoms with Crippen molar-refractivity contribution in [1.82, 2.24) is 9.99 Å². The van der Waals surface area contributed by atoms with Crippen LogP contribution in [0.4, 0.5) is 4.39 Å². The Kier molecular flexibility index (Phi) is 3.30. The molecule has 1 aromatic heterocycles. The van der Waals surface area contributed by atoms with Crippen LogP contribution in [0.15, 0.2) is 17.9 Å². The average Bonchev–Trinajstić information content (AvgIpc) is 2.19. The van der Waals surface area contributed by atoms with Gasteiger partial charge < -0.3 is 9.99 Å². The smallest absolute Gasteiger partial charge is 0.192 e. The lowest BCUT2D eigenvalue weighted by molar-refractivity contribution is 0.576. The molecule has 0 radical (unpaired) electrons. The van der Waals surface area contributed by atoms with Crippen LogP contribution in [0.1, 0.15) is 5.56 Å². The van der Waals surface area contributed by atoms with Crippen molar-refractivity contribution in [2.45, 2.75) is 6.92 Å². The summed E-state index contributed by atoms with van der Waals surface area (Å²) in [7, 11) is 1.59. The fourth-order valence-corrected chi connectivity index (χ4v) is 1.21. The molecule has 0 aliphatic heterocycles. The normalized spacial score (nSPS) is 11.6. The molecule has 1 N–H and O–H groups in total. The predicted octanol–water partition coefficient (Wildman–Crippen LogP) is 1.72. The molecule has 0 aliphatic carbocycles. The van der Waals surface area contributed by atoms with E-state index in [0.29, 0.717) is 10.6 Å². The second-order valence-corrected chi connectivity index (χ2v) is 3.07. The molecule has 3 nitrogen and oxygen atoms in total. The van der Waals surface area contributed by atoms with E-state index in [0.717, 1.165) is 0 Å². The Morgan fingerprint density at radius 2 is 2.36 bits per heavy atom. The van der Waals surface area contributed by atoms with Crippen molar-refractivity contribution in [3.8, 4) is 0 Å². The zero-order valence-electron chi connectivity index (χ0n) is 8.01. The monoisotopic (exact) mass is 215 g/mol. The molecule has 0 unspecified atom stereocenters. The van der Waals surface area contributed by atoms with Gasteiger partial charge in [0.25, 0.3) is 0 Å². The van der Waals surface area contributed by atoms with Gasteiger partial charge >= 0.3 is 0 Å². The summed E-state index contributed by atoms with van der Waals surface area (Å²) in [5.41, 5.74) is 3.05. The van der Waals surface area contributed by atoms with Crippen LogP contribution in [-0.2, 0) is 0 Å². The molecule has 0 saturated heterocycles. The van der Waals surface area contributed by atoms with Crippen molar-refractivity contribution in [3.05, 3.63) is 34.7 Å². The molecular weight excluding hydrogens is 205 g/mol. The quantitative estimate of drug-likeness (QED) is 0.748. The lowest BCUT2D eigenvalue weighted by Gasteiger charge is -2.06. The summed E-state index contributed by atoms with van der Waals surface area (Å²) < 4.78 is 15.0. The highest BCUT2D eigenvalue weighted by atomic mass is 35.5. The largest absolute Gasteiger partial charge is 0.311 e. The summed E-state index contributed by atoms with van der Waals surface area (Å²) in [6.07, 6.45) is 2.99. The number of nitrogens with zero attached hydrogens (tertiary/aromatic N) is 2. The first-order valence-electron chi connectivity index (χ1n) is 4.01. The molecule has 0 aromatic carbocycles. The standard InChI is InChI=1S/C9H11ClFN3/c1-4-14-5-7(10)6(2)8(11)9(14)13-12-3/h4-5,12H,1H2,2-3H3/b13-9-. The van der Waals surface area contributed by atoms with Gasteiger partial charge in [-0.15, -0.1) is 0 Å². The Labute approximate surface area is 86.5 Å². The van der Waals surface area contributed by atoms with Gasteiger partial charge in [-0.2, -0.15) is 5.10 Å². The van der Waals surface area contributed by atoms with E-state index in [9.17, 15) is 4.39 Å². The molecule has 76 valence electrons. The molecule has 0 spiro atoms. The van der Waals surface area contributed by atoms with Crippen LogP contribution >= 0.6 is 11.6 Å². The Morgan fingerprint density at radius 1 is 1.71 bits per heavy atom. The molecule has 14 heavy (non-hydrogen) atoms. The number of nitrogens with one attached hydrogen (secondary N) is 1. The number of pyridine rings is 1. The number of aromatic nitrogens is 1. The van der Waals surface area contributed by atoms with E-state index in [-0.39, 0.29) is 5.49 Å². The van der Waals surface area contributed by atoms with Gasteiger partial charge in [-0.25, -0.2) is 4.39 Å². The van der Waals surface area contributed by atoms with E-state index in [2.05, 4.69) is 17.1 Å². The van der Waals surface area contributed by atoms with Gasteiger partial charge in [-0.05, 0) is 6.92 Å². The summed E-state index contributed by atoms with van der Waals surface area (Å²) in [6.45, 7) is 5.13. The van der Waals surface area contributed by atoms with Gasteiger partial charge in [0.1, 0.15) is 0 Å². The van der Waals surface area contributed by atoms with Crippen LogP contribution in [0.2, 0.25) is 5.02 Å². The highest BCUT2D eigenvalue weighted by Gasteiger charge is 2.07. The Bertz CT molecular complexity index is 423. The van der Waals surface area contributed by atoms with Crippen LogP contribution < -0.4 is 10.9 Å². The van der Waals surface area contributed by atoms with E-state index >= 15 is 0 Å². The first kappa shape index (κ1) is 10.8. The Balaban J connectivity index is 3.62. The summed E-state index contributed by atoms with van der Waals surface area (Å²) in [4.78, 5) is 0. The molecule has 0 saturated carbocycles. The zero-order chi connectivity index (χ0) is 10.7. The van der Waals surface area contributed by atoms with Crippen LogP contribution in [0, 0.1) is 12.7 Å². The maximum absolute atomic E-state index is 13.6. The van der Waals surface area contributed by atoms with Crippen molar-refractivity contribution >= 4 is 17.8 Å². The summed E-state index contributed by atoms with van der Waals surface area (Å²) >= 11 is 5.80. The molecule has 0 atom stereocenters. The number of rotatable bonds is 2. The Hall–Kier alpha value is -1.29. The topological polar surface area (TPSA) is 29.3 Å². The van der Waals surface area contributed by atoms with Crippen LogP contribution in [0.3, 0.4) is 0 Å².